The van der Waals surface area contributed by atoms with Crippen molar-refractivity contribution in [2.45, 2.75) is 0 Å². The molecule has 14 rings (SSSR count). The van der Waals surface area contributed by atoms with Crippen molar-refractivity contribution in [2.24, 2.45) is 0 Å². The smallest absolute Gasteiger partial charge is 0.160 e. The third kappa shape index (κ3) is 6.25. The molecular formula is C64H41N5. The third-order valence-electron chi connectivity index (χ3n) is 13.8. The zero-order valence-corrected chi connectivity index (χ0v) is 37.4. The summed E-state index contributed by atoms with van der Waals surface area (Å²) in [6.45, 7) is 0. The number of fused-ring (bicyclic) bond motifs is 9. The van der Waals surface area contributed by atoms with Gasteiger partial charge in [-0.1, -0.05) is 164 Å². The fourth-order valence-electron chi connectivity index (χ4n) is 10.8. The molecule has 0 amide bonds. The Kier molecular flexibility index (Phi) is 8.83. The second kappa shape index (κ2) is 15.7. The van der Waals surface area contributed by atoms with E-state index in [1.807, 2.05) is 12.1 Å². The SMILES string of the molecule is c1ccc(-c2cc(-c3ccccc3)nc(-c3ccc(-n4c5ccccc5c5cc6c7ccccc7n(-c7ccccc7)c6cc54)c(-c4cccc(-n5c6ccccc6c6ccccc65)c4)c3)n2)cc1. The van der Waals surface area contributed by atoms with Crippen molar-refractivity contribution in [1.82, 2.24) is 23.7 Å². The molecule has 14 aromatic rings. The molecule has 4 heterocycles. The molecule has 4 aromatic heterocycles. The van der Waals surface area contributed by atoms with Crippen molar-refractivity contribution < 1.29 is 0 Å². The van der Waals surface area contributed by atoms with Crippen LogP contribution in [0.3, 0.4) is 0 Å². The van der Waals surface area contributed by atoms with Gasteiger partial charge in [-0.05, 0) is 90.5 Å². The van der Waals surface area contributed by atoms with Gasteiger partial charge in [-0.2, -0.15) is 0 Å². The molecule has 10 aromatic carbocycles. The van der Waals surface area contributed by atoms with Crippen molar-refractivity contribution in [3.63, 3.8) is 0 Å². The van der Waals surface area contributed by atoms with Gasteiger partial charge in [0, 0.05) is 65.9 Å². The Bertz CT molecular complexity index is 4180. The van der Waals surface area contributed by atoms with Gasteiger partial charge >= 0.3 is 0 Å². The second-order valence-corrected chi connectivity index (χ2v) is 17.8. The van der Waals surface area contributed by atoms with E-state index in [-0.39, 0.29) is 0 Å². The van der Waals surface area contributed by atoms with Gasteiger partial charge in [-0.15, -0.1) is 0 Å². The van der Waals surface area contributed by atoms with Gasteiger partial charge in [0.1, 0.15) is 0 Å². The van der Waals surface area contributed by atoms with E-state index in [9.17, 15) is 0 Å². The lowest BCUT2D eigenvalue weighted by molar-refractivity contribution is 1.16. The fraction of sp³-hybridized carbons (Fsp3) is 0. The van der Waals surface area contributed by atoms with Crippen LogP contribution in [0.25, 0.3) is 128 Å². The van der Waals surface area contributed by atoms with Crippen LogP contribution in [0.15, 0.2) is 249 Å². The molecule has 0 fully saturated rings. The van der Waals surface area contributed by atoms with Crippen LogP contribution in [-0.2, 0) is 0 Å². The van der Waals surface area contributed by atoms with Crippen molar-refractivity contribution in [3.8, 4) is 62.1 Å². The number of para-hydroxylation sites is 5. The highest BCUT2D eigenvalue weighted by molar-refractivity contribution is 6.19. The third-order valence-corrected chi connectivity index (χ3v) is 13.8. The molecule has 0 spiro atoms. The minimum atomic E-state index is 0.665. The van der Waals surface area contributed by atoms with E-state index in [4.69, 9.17) is 9.97 Å². The Labute approximate surface area is 398 Å². The summed E-state index contributed by atoms with van der Waals surface area (Å²) in [6.07, 6.45) is 0. The van der Waals surface area contributed by atoms with Crippen molar-refractivity contribution in [1.29, 1.82) is 0 Å². The average Bonchev–Trinajstić information content (AvgIpc) is 4.06. The Hall–Kier alpha value is -9.32. The van der Waals surface area contributed by atoms with Gasteiger partial charge < -0.3 is 13.7 Å². The maximum absolute atomic E-state index is 5.32. The summed E-state index contributed by atoms with van der Waals surface area (Å²) in [7, 11) is 0. The first-order chi connectivity index (χ1) is 34.2. The van der Waals surface area contributed by atoms with Crippen molar-refractivity contribution in [3.05, 3.63) is 249 Å². The van der Waals surface area contributed by atoms with Gasteiger partial charge in [0.05, 0.1) is 50.2 Å². The minimum absolute atomic E-state index is 0.665. The summed E-state index contributed by atoms with van der Waals surface area (Å²) in [6, 6.07) is 89.3. The Balaban J connectivity index is 1.06. The molecular weight excluding hydrogens is 839 g/mol. The van der Waals surface area contributed by atoms with Gasteiger partial charge in [-0.25, -0.2) is 9.97 Å². The molecule has 0 saturated carbocycles. The van der Waals surface area contributed by atoms with Crippen LogP contribution in [0.1, 0.15) is 0 Å². The summed E-state index contributed by atoms with van der Waals surface area (Å²) in [5, 5.41) is 7.32. The highest BCUT2D eigenvalue weighted by atomic mass is 15.0. The van der Waals surface area contributed by atoms with Crippen LogP contribution >= 0.6 is 0 Å². The molecule has 69 heavy (non-hydrogen) atoms. The van der Waals surface area contributed by atoms with Gasteiger partial charge in [0.2, 0.25) is 0 Å². The number of nitrogens with zero attached hydrogens (tertiary/aromatic N) is 5. The quantitative estimate of drug-likeness (QED) is 0.160. The van der Waals surface area contributed by atoms with Crippen LogP contribution in [0.5, 0.6) is 0 Å². The predicted octanol–water partition coefficient (Wildman–Crippen LogP) is 16.4. The van der Waals surface area contributed by atoms with Crippen LogP contribution in [0.2, 0.25) is 0 Å². The van der Waals surface area contributed by atoms with E-state index in [0.29, 0.717) is 5.82 Å². The molecule has 5 nitrogen and oxygen atoms in total. The highest BCUT2D eigenvalue weighted by Crippen LogP contribution is 2.43. The van der Waals surface area contributed by atoms with Gasteiger partial charge in [-0.3, -0.25) is 0 Å². The molecule has 0 aliphatic rings. The predicted molar refractivity (Wildman–Crippen MR) is 287 cm³/mol. The van der Waals surface area contributed by atoms with Crippen molar-refractivity contribution in [2.75, 3.05) is 0 Å². The van der Waals surface area contributed by atoms with Crippen molar-refractivity contribution >= 4 is 65.4 Å². The molecule has 0 radical (unpaired) electrons. The summed E-state index contributed by atoms with van der Waals surface area (Å²) in [5.41, 5.74) is 17.1. The Morgan fingerprint density at radius 2 is 0.681 bits per heavy atom. The summed E-state index contributed by atoms with van der Waals surface area (Å²) in [4.78, 5) is 10.6. The van der Waals surface area contributed by atoms with E-state index in [1.165, 1.54) is 48.9 Å². The van der Waals surface area contributed by atoms with E-state index < -0.39 is 0 Å². The molecule has 5 heteroatoms. The van der Waals surface area contributed by atoms with Crippen LogP contribution in [-0.4, -0.2) is 23.7 Å². The molecule has 0 atom stereocenters. The van der Waals surface area contributed by atoms with E-state index in [1.54, 1.807) is 0 Å². The molecule has 0 aliphatic heterocycles. The van der Waals surface area contributed by atoms with E-state index >= 15 is 0 Å². The maximum atomic E-state index is 5.32. The molecule has 322 valence electrons. The largest absolute Gasteiger partial charge is 0.309 e. The summed E-state index contributed by atoms with van der Waals surface area (Å²) in [5.74, 6) is 0.665. The van der Waals surface area contributed by atoms with Crippen LogP contribution in [0.4, 0.5) is 0 Å². The number of aromatic nitrogens is 5. The molecule has 0 saturated heterocycles. The standard InChI is InChI=1S/C64H41N5/c1-4-19-42(20-5-1)55-40-56(43-21-6-2-7-22-43)66-64(65-55)45-35-36-61(52(38-45)44-23-18-26-47(37-44)68-57-31-14-10-27-48(57)49-28-11-15-32-58(49)68)69-60-34-17-13-30-51(60)54-39-53-50-29-12-16-33-59(50)67(62(53)41-63(54)69)46-24-8-3-9-25-46/h1-41H. The molecule has 0 unspecified atom stereocenters. The summed E-state index contributed by atoms with van der Waals surface area (Å²) < 4.78 is 7.28. The lowest BCUT2D eigenvalue weighted by Crippen LogP contribution is -2.01. The Morgan fingerprint density at radius 3 is 1.25 bits per heavy atom. The minimum Gasteiger partial charge on any atom is -0.309 e. The number of rotatable bonds is 7. The first-order valence-corrected chi connectivity index (χ1v) is 23.5. The molecule has 0 aliphatic carbocycles. The number of hydrogen-bond donors (Lipinski definition) is 0. The maximum Gasteiger partial charge on any atom is 0.160 e. The van der Waals surface area contributed by atoms with Gasteiger partial charge in [0.25, 0.3) is 0 Å². The van der Waals surface area contributed by atoms with Crippen LogP contribution in [0, 0.1) is 0 Å². The lowest BCUT2D eigenvalue weighted by Gasteiger charge is -2.18. The number of hydrogen-bond acceptors (Lipinski definition) is 2. The van der Waals surface area contributed by atoms with E-state index in [2.05, 4.69) is 250 Å². The lowest BCUT2D eigenvalue weighted by atomic mass is 9.99. The first-order valence-electron chi connectivity index (χ1n) is 23.5. The van der Waals surface area contributed by atoms with E-state index in [0.717, 1.165) is 72.8 Å². The second-order valence-electron chi connectivity index (χ2n) is 17.8. The average molecular weight is 880 g/mol. The highest BCUT2D eigenvalue weighted by Gasteiger charge is 2.22. The first kappa shape index (κ1) is 38.9. The zero-order valence-electron chi connectivity index (χ0n) is 37.4. The van der Waals surface area contributed by atoms with Gasteiger partial charge in [0.15, 0.2) is 5.82 Å². The topological polar surface area (TPSA) is 40.6 Å². The number of benzene rings is 10. The zero-order chi connectivity index (χ0) is 45.4. The molecule has 0 N–H and O–H groups in total. The normalized spacial score (nSPS) is 11.8. The molecule has 0 bridgehead atoms. The summed E-state index contributed by atoms with van der Waals surface area (Å²) >= 11 is 0. The van der Waals surface area contributed by atoms with Crippen LogP contribution < -0.4 is 0 Å². The monoisotopic (exact) mass is 879 g/mol. The fourth-order valence-corrected chi connectivity index (χ4v) is 10.8. The Morgan fingerprint density at radius 1 is 0.246 bits per heavy atom.